The van der Waals surface area contributed by atoms with Gasteiger partial charge in [0.15, 0.2) is 11.6 Å². The monoisotopic (exact) mass is 239 g/mol. The standard InChI is InChI=1S/C11H17N3OS/c1-12-10-9(15-2)11(14-7-13-10)16-8-5-3-4-6-8/h7-8H,3-6H2,1-2H3,(H,12,13,14). The topological polar surface area (TPSA) is 47.0 Å². The summed E-state index contributed by atoms with van der Waals surface area (Å²) in [5.74, 6) is 1.53. The molecule has 1 aromatic heterocycles. The van der Waals surface area contributed by atoms with E-state index in [-0.39, 0.29) is 0 Å². The van der Waals surface area contributed by atoms with Gasteiger partial charge in [0, 0.05) is 12.3 Å². The van der Waals surface area contributed by atoms with E-state index in [1.54, 1.807) is 13.4 Å². The molecule has 1 aromatic rings. The van der Waals surface area contributed by atoms with Crippen LogP contribution in [0.15, 0.2) is 11.4 Å². The van der Waals surface area contributed by atoms with Crippen molar-refractivity contribution in [2.75, 3.05) is 19.5 Å². The SMILES string of the molecule is CNc1ncnc(SC2CCCC2)c1OC. The Morgan fingerprint density at radius 1 is 1.38 bits per heavy atom. The molecule has 0 unspecified atom stereocenters. The van der Waals surface area contributed by atoms with Gasteiger partial charge in [-0.15, -0.1) is 0 Å². The summed E-state index contributed by atoms with van der Waals surface area (Å²) in [5, 5.41) is 4.66. The number of hydrogen-bond donors (Lipinski definition) is 1. The van der Waals surface area contributed by atoms with E-state index in [0.717, 1.165) is 16.6 Å². The van der Waals surface area contributed by atoms with Crippen molar-refractivity contribution in [2.24, 2.45) is 0 Å². The van der Waals surface area contributed by atoms with Crippen molar-refractivity contribution in [3.8, 4) is 5.75 Å². The second-order valence-electron chi connectivity index (χ2n) is 3.83. The molecule has 0 aromatic carbocycles. The normalized spacial score (nSPS) is 16.4. The fourth-order valence-electron chi connectivity index (χ4n) is 1.97. The molecule has 16 heavy (non-hydrogen) atoms. The Morgan fingerprint density at radius 2 is 2.12 bits per heavy atom. The first-order valence-electron chi connectivity index (χ1n) is 5.58. The van der Waals surface area contributed by atoms with E-state index in [4.69, 9.17) is 4.74 Å². The number of hydrogen-bond acceptors (Lipinski definition) is 5. The summed E-state index contributed by atoms with van der Waals surface area (Å²) < 4.78 is 5.37. The number of anilines is 1. The third-order valence-electron chi connectivity index (χ3n) is 2.79. The molecule has 1 heterocycles. The average molecular weight is 239 g/mol. The third-order valence-corrected chi connectivity index (χ3v) is 4.11. The first-order valence-corrected chi connectivity index (χ1v) is 6.46. The Kier molecular flexibility index (Phi) is 3.88. The predicted molar refractivity (Wildman–Crippen MR) is 66.2 cm³/mol. The number of thioether (sulfide) groups is 1. The molecule has 4 nitrogen and oxygen atoms in total. The van der Waals surface area contributed by atoms with Crippen LogP contribution in [0.3, 0.4) is 0 Å². The van der Waals surface area contributed by atoms with Crippen molar-refractivity contribution in [2.45, 2.75) is 36.0 Å². The van der Waals surface area contributed by atoms with E-state index in [1.165, 1.54) is 25.7 Å². The number of aromatic nitrogens is 2. The van der Waals surface area contributed by atoms with Crippen molar-refractivity contribution in [3.05, 3.63) is 6.33 Å². The van der Waals surface area contributed by atoms with Gasteiger partial charge in [-0.2, -0.15) is 0 Å². The van der Waals surface area contributed by atoms with E-state index < -0.39 is 0 Å². The van der Waals surface area contributed by atoms with Crippen LogP contribution in [0.4, 0.5) is 5.82 Å². The zero-order valence-corrected chi connectivity index (χ0v) is 10.5. The lowest BCUT2D eigenvalue weighted by atomic mass is 10.4. The Morgan fingerprint density at radius 3 is 2.75 bits per heavy atom. The molecule has 0 atom stereocenters. The second kappa shape index (κ2) is 5.39. The molecule has 0 radical (unpaired) electrons. The lowest BCUT2D eigenvalue weighted by molar-refractivity contribution is 0.400. The third kappa shape index (κ3) is 2.40. The summed E-state index contributed by atoms with van der Waals surface area (Å²) in [6.07, 6.45) is 6.83. The summed E-state index contributed by atoms with van der Waals surface area (Å²) in [5.41, 5.74) is 0. The number of methoxy groups -OCH3 is 1. The summed E-state index contributed by atoms with van der Waals surface area (Å²) in [4.78, 5) is 8.45. The molecular formula is C11H17N3OS. The van der Waals surface area contributed by atoms with Crippen LogP contribution < -0.4 is 10.1 Å². The van der Waals surface area contributed by atoms with Gasteiger partial charge in [0.05, 0.1) is 7.11 Å². The van der Waals surface area contributed by atoms with Crippen LogP contribution in [0.25, 0.3) is 0 Å². The second-order valence-corrected chi connectivity index (χ2v) is 5.12. The van der Waals surface area contributed by atoms with Crippen molar-refractivity contribution < 1.29 is 4.74 Å². The summed E-state index contributed by atoms with van der Waals surface area (Å²) >= 11 is 1.82. The highest BCUT2D eigenvalue weighted by Gasteiger charge is 2.20. The minimum absolute atomic E-state index is 0.688. The van der Waals surface area contributed by atoms with E-state index >= 15 is 0 Å². The fourth-order valence-corrected chi connectivity index (χ4v) is 3.25. The molecule has 2 rings (SSSR count). The van der Waals surface area contributed by atoms with Gasteiger partial charge < -0.3 is 10.1 Å². The molecule has 0 amide bonds. The molecule has 5 heteroatoms. The smallest absolute Gasteiger partial charge is 0.193 e. The molecule has 1 fully saturated rings. The highest BCUT2D eigenvalue weighted by molar-refractivity contribution is 8.00. The van der Waals surface area contributed by atoms with Crippen LogP contribution in [-0.4, -0.2) is 29.4 Å². The minimum Gasteiger partial charge on any atom is -0.490 e. The lowest BCUT2D eigenvalue weighted by Gasteiger charge is -2.13. The van der Waals surface area contributed by atoms with Gasteiger partial charge in [-0.05, 0) is 12.8 Å². The predicted octanol–water partition coefficient (Wildman–Crippen LogP) is 2.56. The van der Waals surface area contributed by atoms with Gasteiger partial charge in [0.1, 0.15) is 11.4 Å². The van der Waals surface area contributed by atoms with Gasteiger partial charge >= 0.3 is 0 Å². The Bertz CT molecular complexity index is 353. The Balaban J connectivity index is 2.18. The zero-order valence-electron chi connectivity index (χ0n) is 9.69. The average Bonchev–Trinajstić information content (AvgIpc) is 2.81. The van der Waals surface area contributed by atoms with Gasteiger partial charge in [0.2, 0.25) is 0 Å². The van der Waals surface area contributed by atoms with Crippen molar-refractivity contribution in [3.63, 3.8) is 0 Å². The van der Waals surface area contributed by atoms with Crippen molar-refractivity contribution >= 4 is 17.6 Å². The fraction of sp³-hybridized carbons (Fsp3) is 0.636. The first-order chi connectivity index (χ1) is 7.85. The molecule has 88 valence electrons. The van der Waals surface area contributed by atoms with Crippen molar-refractivity contribution in [1.29, 1.82) is 0 Å². The van der Waals surface area contributed by atoms with Gasteiger partial charge in [-0.3, -0.25) is 0 Å². The van der Waals surface area contributed by atoms with Crippen LogP contribution in [0.1, 0.15) is 25.7 Å². The highest BCUT2D eigenvalue weighted by Crippen LogP contribution is 2.39. The maximum atomic E-state index is 5.37. The van der Waals surface area contributed by atoms with E-state index in [1.807, 2.05) is 18.8 Å². The largest absolute Gasteiger partial charge is 0.490 e. The summed E-state index contributed by atoms with van der Waals surface area (Å²) in [6, 6.07) is 0. The molecule has 0 spiro atoms. The van der Waals surface area contributed by atoms with Crippen LogP contribution >= 0.6 is 11.8 Å². The van der Waals surface area contributed by atoms with Crippen molar-refractivity contribution in [1.82, 2.24) is 9.97 Å². The summed E-state index contributed by atoms with van der Waals surface area (Å²) in [6.45, 7) is 0. The van der Waals surface area contributed by atoms with Crippen LogP contribution in [-0.2, 0) is 0 Å². The van der Waals surface area contributed by atoms with Gasteiger partial charge in [-0.1, -0.05) is 24.6 Å². The zero-order chi connectivity index (χ0) is 11.4. The number of ether oxygens (including phenoxy) is 1. The first kappa shape index (κ1) is 11.5. The van der Waals surface area contributed by atoms with Crippen LogP contribution in [0, 0.1) is 0 Å². The number of nitrogens with one attached hydrogen (secondary N) is 1. The highest BCUT2D eigenvalue weighted by atomic mass is 32.2. The number of rotatable bonds is 4. The lowest BCUT2D eigenvalue weighted by Crippen LogP contribution is -2.02. The molecular weight excluding hydrogens is 222 g/mol. The van der Waals surface area contributed by atoms with Crippen LogP contribution in [0.5, 0.6) is 5.75 Å². The quantitative estimate of drug-likeness (QED) is 0.818. The molecule has 1 aliphatic rings. The number of nitrogens with zero attached hydrogens (tertiary/aromatic N) is 2. The maximum absolute atomic E-state index is 5.37. The minimum atomic E-state index is 0.688. The van der Waals surface area contributed by atoms with Gasteiger partial charge in [0.25, 0.3) is 0 Å². The Hall–Kier alpha value is -0.970. The Labute approximate surface area is 100 Å². The molecule has 1 saturated carbocycles. The van der Waals surface area contributed by atoms with E-state index in [9.17, 15) is 0 Å². The molecule has 0 aliphatic heterocycles. The molecule has 1 aliphatic carbocycles. The molecule has 0 saturated heterocycles. The summed E-state index contributed by atoms with van der Waals surface area (Å²) in [7, 11) is 3.51. The van der Waals surface area contributed by atoms with E-state index in [0.29, 0.717) is 5.25 Å². The van der Waals surface area contributed by atoms with Crippen LogP contribution in [0.2, 0.25) is 0 Å². The maximum Gasteiger partial charge on any atom is 0.193 e. The van der Waals surface area contributed by atoms with E-state index in [2.05, 4.69) is 15.3 Å². The molecule has 1 N–H and O–H groups in total. The van der Waals surface area contributed by atoms with Gasteiger partial charge in [-0.25, -0.2) is 9.97 Å². The molecule has 0 bridgehead atoms.